The summed E-state index contributed by atoms with van der Waals surface area (Å²) in [7, 11) is 0. The number of nitrogens with zero attached hydrogens (tertiary/aromatic N) is 4. The molecule has 0 aliphatic carbocycles. The van der Waals surface area contributed by atoms with Crippen molar-refractivity contribution in [1.29, 1.82) is 0 Å². The third kappa shape index (κ3) is 4.75. The number of carbonyl (C=O) groups excluding carboxylic acids is 1. The molecule has 0 aliphatic rings. The Labute approximate surface area is 216 Å². The maximum absolute atomic E-state index is 14.1. The fraction of sp³-hybridized carbons (Fsp3) is 0.226. The Morgan fingerprint density at radius 3 is 2.27 bits per heavy atom. The molecule has 0 N–H and O–H groups in total. The number of benzene rings is 3. The van der Waals surface area contributed by atoms with Crippen LogP contribution in [0.4, 0.5) is 0 Å². The highest BCUT2D eigenvalue weighted by atomic mass is 16.2. The van der Waals surface area contributed by atoms with E-state index < -0.39 is 0 Å². The van der Waals surface area contributed by atoms with E-state index in [0.717, 1.165) is 40.8 Å². The van der Waals surface area contributed by atoms with Crippen molar-refractivity contribution in [2.24, 2.45) is 0 Å². The summed E-state index contributed by atoms with van der Waals surface area (Å²) in [4.78, 5) is 37.4. The van der Waals surface area contributed by atoms with Crippen molar-refractivity contribution in [2.75, 3.05) is 0 Å². The molecular formula is C31H30N4O2. The van der Waals surface area contributed by atoms with Crippen molar-refractivity contribution in [3.05, 3.63) is 112 Å². The number of para-hydroxylation sites is 1. The fourth-order valence-electron chi connectivity index (χ4n) is 4.58. The quantitative estimate of drug-likeness (QED) is 0.240. The molecule has 2 heterocycles. The topological polar surface area (TPSA) is 69.8 Å². The third-order valence-corrected chi connectivity index (χ3v) is 6.64. The number of aromatic nitrogens is 4. The van der Waals surface area contributed by atoms with Crippen LogP contribution in [0.3, 0.4) is 0 Å². The van der Waals surface area contributed by atoms with E-state index in [1.807, 2.05) is 92.7 Å². The number of fused-ring (bicyclic) bond motifs is 1. The van der Waals surface area contributed by atoms with E-state index in [-0.39, 0.29) is 11.5 Å². The minimum absolute atomic E-state index is 0.0774. The normalized spacial score (nSPS) is 11.2. The summed E-state index contributed by atoms with van der Waals surface area (Å²) in [6.45, 7) is 6.36. The van der Waals surface area contributed by atoms with Crippen molar-refractivity contribution >= 4 is 16.9 Å². The highest BCUT2D eigenvalue weighted by Crippen LogP contribution is 2.26. The summed E-state index contributed by atoms with van der Waals surface area (Å²) >= 11 is 0. The van der Waals surface area contributed by atoms with Crippen LogP contribution >= 0.6 is 0 Å². The largest absolute Gasteiger partial charge is 0.335 e. The van der Waals surface area contributed by atoms with E-state index >= 15 is 0 Å². The van der Waals surface area contributed by atoms with Gasteiger partial charge in [-0.05, 0) is 37.5 Å². The number of Topliss-reactive ketones (excluding diaryl/α,β-unsaturated/α-hetero) is 1. The molecule has 0 fully saturated rings. The van der Waals surface area contributed by atoms with Crippen molar-refractivity contribution < 1.29 is 4.79 Å². The summed E-state index contributed by atoms with van der Waals surface area (Å²) in [5.74, 6) is 0.359. The van der Waals surface area contributed by atoms with Crippen LogP contribution in [0.15, 0.2) is 83.7 Å². The van der Waals surface area contributed by atoms with Crippen LogP contribution in [-0.2, 0) is 6.54 Å². The van der Waals surface area contributed by atoms with Gasteiger partial charge in [0.1, 0.15) is 11.2 Å². The van der Waals surface area contributed by atoms with Crippen molar-refractivity contribution in [1.82, 2.24) is 19.1 Å². The number of rotatable bonds is 8. The van der Waals surface area contributed by atoms with E-state index in [2.05, 4.69) is 6.92 Å². The summed E-state index contributed by atoms with van der Waals surface area (Å²) in [5, 5.41) is 0. The minimum atomic E-state index is -0.243. The van der Waals surface area contributed by atoms with Gasteiger partial charge in [-0.1, -0.05) is 91.7 Å². The number of hydrogen-bond donors (Lipinski definition) is 0. The first-order valence-electron chi connectivity index (χ1n) is 12.7. The van der Waals surface area contributed by atoms with Crippen LogP contribution < -0.4 is 5.69 Å². The average molecular weight is 491 g/mol. The van der Waals surface area contributed by atoms with Gasteiger partial charge in [0.2, 0.25) is 0 Å². The number of carbonyl (C=O) groups is 1. The van der Waals surface area contributed by atoms with E-state index in [1.165, 1.54) is 0 Å². The summed E-state index contributed by atoms with van der Waals surface area (Å²) < 4.78 is 3.28. The predicted molar refractivity (Wildman–Crippen MR) is 147 cm³/mol. The van der Waals surface area contributed by atoms with Gasteiger partial charge in [0.05, 0.1) is 12.2 Å². The molecule has 0 unspecified atom stereocenters. The average Bonchev–Trinajstić information content (AvgIpc) is 3.18. The Balaban J connectivity index is 1.86. The number of unbranched alkanes of at least 4 members (excludes halogenated alkanes) is 1. The van der Waals surface area contributed by atoms with Crippen LogP contribution in [0.1, 0.15) is 53.4 Å². The van der Waals surface area contributed by atoms with Crippen LogP contribution in [0, 0.1) is 13.8 Å². The maximum Gasteiger partial charge on any atom is 0.335 e. The zero-order valence-electron chi connectivity index (χ0n) is 21.4. The number of imidazole rings is 1. The minimum Gasteiger partial charge on any atom is -0.292 e. The molecular weight excluding hydrogens is 460 g/mol. The van der Waals surface area contributed by atoms with Crippen molar-refractivity contribution in [2.45, 2.75) is 46.6 Å². The summed E-state index contributed by atoms with van der Waals surface area (Å²) in [6, 6.07) is 25.4. The van der Waals surface area contributed by atoms with Gasteiger partial charge < -0.3 is 0 Å². The molecule has 5 rings (SSSR count). The molecule has 6 heteroatoms. The predicted octanol–water partition coefficient (Wildman–Crippen LogP) is 6.29. The molecule has 0 aliphatic heterocycles. The second-order valence-electron chi connectivity index (χ2n) is 9.44. The Morgan fingerprint density at radius 1 is 0.865 bits per heavy atom. The highest BCUT2D eigenvalue weighted by Gasteiger charge is 2.25. The molecule has 0 atom stereocenters. The molecule has 186 valence electrons. The molecule has 0 amide bonds. The zero-order valence-corrected chi connectivity index (χ0v) is 21.4. The monoisotopic (exact) mass is 490 g/mol. The van der Waals surface area contributed by atoms with Gasteiger partial charge in [-0.2, -0.15) is 0 Å². The number of ketones is 1. The SMILES string of the molecule is CCCCC(=O)c1nc(-c2ccc(C)cc2)nc2c1n(Cc1ccccc1)c(=O)n2-c1ccccc1C. The van der Waals surface area contributed by atoms with Crippen LogP contribution in [0.2, 0.25) is 0 Å². The number of hydrogen-bond acceptors (Lipinski definition) is 4. The molecule has 5 aromatic rings. The Hall–Kier alpha value is -4.32. The van der Waals surface area contributed by atoms with E-state index in [0.29, 0.717) is 35.6 Å². The first-order chi connectivity index (χ1) is 18.0. The molecule has 0 saturated heterocycles. The lowest BCUT2D eigenvalue weighted by Gasteiger charge is -2.10. The lowest BCUT2D eigenvalue weighted by Crippen LogP contribution is -2.24. The van der Waals surface area contributed by atoms with Crippen molar-refractivity contribution in [3.63, 3.8) is 0 Å². The maximum atomic E-state index is 14.1. The number of aryl methyl sites for hydroxylation is 2. The molecule has 6 nitrogen and oxygen atoms in total. The third-order valence-electron chi connectivity index (χ3n) is 6.64. The summed E-state index contributed by atoms with van der Waals surface area (Å²) in [5.41, 5.74) is 5.55. The van der Waals surface area contributed by atoms with Crippen LogP contribution in [0.5, 0.6) is 0 Å². The standard InChI is InChI=1S/C31H30N4O2/c1-4-5-15-26(36)27-28-30(33-29(32-27)24-18-16-21(2)17-19-24)35(25-14-10-9-11-22(25)3)31(37)34(28)20-23-12-7-6-8-13-23/h6-14,16-19H,4-5,15,20H2,1-3H3. The Bertz CT molecular complexity index is 1630. The Morgan fingerprint density at radius 2 is 1.57 bits per heavy atom. The first-order valence-corrected chi connectivity index (χ1v) is 12.7. The lowest BCUT2D eigenvalue weighted by molar-refractivity contribution is 0.0976. The smallest absolute Gasteiger partial charge is 0.292 e. The Kier molecular flexibility index (Phi) is 6.82. The van der Waals surface area contributed by atoms with Crippen molar-refractivity contribution in [3.8, 4) is 17.1 Å². The van der Waals surface area contributed by atoms with Gasteiger partial charge in [0.25, 0.3) is 0 Å². The van der Waals surface area contributed by atoms with E-state index in [9.17, 15) is 9.59 Å². The summed E-state index contributed by atoms with van der Waals surface area (Å²) in [6.07, 6.45) is 2.02. The van der Waals surface area contributed by atoms with Gasteiger partial charge in [-0.25, -0.2) is 19.3 Å². The zero-order chi connectivity index (χ0) is 25.9. The second kappa shape index (κ2) is 10.3. The van der Waals surface area contributed by atoms with Gasteiger partial charge in [0.15, 0.2) is 17.3 Å². The van der Waals surface area contributed by atoms with Crippen LogP contribution in [-0.4, -0.2) is 24.9 Å². The second-order valence-corrected chi connectivity index (χ2v) is 9.44. The van der Waals surface area contributed by atoms with Gasteiger partial charge >= 0.3 is 5.69 Å². The molecule has 3 aromatic carbocycles. The molecule has 0 saturated carbocycles. The van der Waals surface area contributed by atoms with Crippen LogP contribution in [0.25, 0.3) is 28.2 Å². The van der Waals surface area contributed by atoms with Gasteiger partial charge in [0, 0.05) is 12.0 Å². The highest BCUT2D eigenvalue weighted by molar-refractivity contribution is 6.04. The molecule has 0 spiro atoms. The molecule has 0 radical (unpaired) electrons. The lowest BCUT2D eigenvalue weighted by atomic mass is 10.1. The van der Waals surface area contributed by atoms with E-state index in [4.69, 9.17) is 9.97 Å². The van der Waals surface area contributed by atoms with Gasteiger partial charge in [-0.15, -0.1) is 0 Å². The molecule has 37 heavy (non-hydrogen) atoms. The fourth-order valence-corrected chi connectivity index (χ4v) is 4.58. The molecule has 2 aromatic heterocycles. The first kappa shape index (κ1) is 24.4. The van der Waals surface area contributed by atoms with E-state index in [1.54, 1.807) is 9.13 Å². The van der Waals surface area contributed by atoms with Gasteiger partial charge in [-0.3, -0.25) is 9.36 Å². The molecule has 0 bridgehead atoms.